The molecule has 2 aliphatic rings. The molecule has 2 rings (SSSR count). The van der Waals surface area contributed by atoms with Crippen molar-refractivity contribution in [2.24, 2.45) is 5.92 Å². The number of ether oxygens (including phenoxy) is 1. The Bertz CT molecular complexity index is 380. The zero-order chi connectivity index (χ0) is 15.2. The number of rotatable bonds is 2. The molecule has 0 bridgehead atoms. The molecule has 0 aromatic heterocycles. The third-order valence-corrected chi connectivity index (χ3v) is 4.39. The van der Waals surface area contributed by atoms with Crippen LogP contribution in [0.3, 0.4) is 0 Å². The molecule has 1 saturated carbocycles. The predicted octanol–water partition coefficient (Wildman–Crippen LogP) is 4.02. The summed E-state index contributed by atoms with van der Waals surface area (Å²) < 4.78 is 45.5. The van der Waals surface area contributed by atoms with Crippen molar-refractivity contribution in [3.63, 3.8) is 0 Å². The van der Waals surface area contributed by atoms with Gasteiger partial charge in [0.1, 0.15) is 5.60 Å². The molecular weight excluding hydrogens is 270 g/mol. The second kappa shape index (κ2) is 4.84. The standard InChI is InChI=1S/C13H22BF3NO2/c1-12(2,3)20-11(19)18-8-6-13(7-9-18,10-4-5-10)14(15,16)17/h10H,4-9H2,1-3H3/q-1. The lowest BCUT2D eigenvalue weighted by atomic mass is 9.50. The molecule has 0 unspecified atom stereocenters. The molecule has 1 heterocycles. The van der Waals surface area contributed by atoms with E-state index < -0.39 is 24.0 Å². The van der Waals surface area contributed by atoms with Crippen molar-refractivity contribution in [2.75, 3.05) is 13.1 Å². The van der Waals surface area contributed by atoms with Crippen molar-refractivity contribution >= 4 is 13.1 Å². The largest absolute Gasteiger partial charge is 0.484 e. The van der Waals surface area contributed by atoms with Gasteiger partial charge in [0.2, 0.25) is 0 Å². The quantitative estimate of drug-likeness (QED) is 0.719. The topological polar surface area (TPSA) is 29.5 Å². The van der Waals surface area contributed by atoms with Gasteiger partial charge in [-0.1, -0.05) is 36.9 Å². The normalized spacial score (nSPS) is 23.6. The molecule has 1 saturated heterocycles. The van der Waals surface area contributed by atoms with Crippen LogP contribution < -0.4 is 0 Å². The number of carbonyl (C=O) groups excluding carboxylic acids is 1. The van der Waals surface area contributed by atoms with Gasteiger partial charge in [-0.2, -0.15) is 0 Å². The molecule has 0 aromatic rings. The first-order valence-electron chi connectivity index (χ1n) is 7.22. The highest BCUT2D eigenvalue weighted by Gasteiger charge is 2.58. The van der Waals surface area contributed by atoms with Crippen LogP contribution in [0.1, 0.15) is 46.5 Å². The molecule has 0 spiro atoms. The van der Waals surface area contributed by atoms with E-state index in [1.54, 1.807) is 20.8 Å². The molecule has 2 fully saturated rings. The van der Waals surface area contributed by atoms with Crippen molar-refractivity contribution in [3.8, 4) is 0 Å². The highest BCUT2D eigenvalue weighted by molar-refractivity contribution is 6.62. The van der Waals surface area contributed by atoms with Gasteiger partial charge < -0.3 is 22.6 Å². The molecule has 0 N–H and O–H groups in total. The second-order valence-electron chi connectivity index (χ2n) is 7.05. The summed E-state index contributed by atoms with van der Waals surface area (Å²) in [6.07, 6.45) is 0.902. The molecule has 1 aliphatic carbocycles. The van der Waals surface area contributed by atoms with Gasteiger partial charge in [-0.3, -0.25) is 0 Å². The highest BCUT2D eigenvalue weighted by atomic mass is 19.4. The summed E-state index contributed by atoms with van der Waals surface area (Å²) in [6, 6.07) is 0. The van der Waals surface area contributed by atoms with Gasteiger partial charge >= 0.3 is 13.1 Å². The summed E-state index contributed by atoms with van der Waals surface area (Å²) in [5.74, 6) is -0.219. The van der Waals surface area contributed by atoms with Gasteiger partial charge in [0, 0.05) is 13.1 Å². The molecule has 0 atom stereocenters. The fraction of sp³-hybridized carbons (Fsp3) is 0.923. The number of amides is 1. The Balaban J connectivity index is 1.99. The van der Waals surface area contributed by atoms with Crippen molar-refractivity contribution in [3.05, 3.63) is 0 Å². The first-order valence-corrected chi connectivity index (χ1v) is 7.22. The van der Waals surface area contributed by atoms with Crippen molar-refractivity contribution in [1.82, 2.24) is 4.90 Å². The fourth-order valence-corrected chi connectivity index (χ4v) is 3.09. The Hall–Kier alpha value is -0.875. The first-order chi connectivity index (χ1) is 9.05. The van der Waals surface area contributed by atoms with Crippen LogP contribution in [0.5, 0.6) is 0 Å². The molecule has 7 heteroatoms. The lowest BCUT2D eigenvalue weighted by Crippen LogP contribution is -2.49. The first kappa shape index (κ1) is 15.5. The minimum absolute atomic E-state index is 0.0282. The summed E-state index contributed by atoms with van der Waals surface area (Å²) in [7, 11) is 0. The van der Waals surface area contributed by atoms with Gasteiger partial charge in [0.25, 0.3) is 0 Å². The Kier molecular flexibility index (Phi) is 3.76. The van der Waals surface area contributed by atoms with Crippen LogP contribution >= 0.6 is 0 Å². The van der Waals surface area contributed by atoms with Crippen LogP contribution in [-0.2, 0) is 4.74 Å². The van der Waals surface area contributed by atoms with Crippen molar-refractivity contribution in [2.45, 2.75) is 57.4 Å². The zero-order valence-corrected chi connectivity index (χ0v) is 12.3. The van der Waals surface area contributed by atoms with Crippen LogP contribution in [0, 0.1) is 5.92 Å². The third-order valence-electron chi connectivity index (χ3n) is 4.39. The maximum absolute atomic E-state index is 13.4. The summed E-state index contributed by atoms with van der Waals surface area (Å²) in [5, 5.41) is -1.52. The van der Waals surface area contributed by atoms with Gasteiger partial charge in [-0.25, -0.2) is 4.79 Å². The van der Waals surface area contributed by atoms with Gasteiger partial charge in [-0.05, 0) is 20.8 Å². The number of nitrogens with zero attached hydrogens (tertiary/aromatic N) is 1. The van der Waals surface area contributed by atoms with Crippen LogP contribution in [0.4, 0.5) is 17.7 Å². The molecule has 20 heavy (non-hydrogen) atoms. The Morgan fingerprint density at radius 3 is 2.05 bits per heavy atom. The minimum Gasteiger partial charge on any atom is -0.449 e. The number of likely N-dealkylation sites (tertiary alicyclic amines) is 1. The second-order valence-corrected chi connectivity index (χ2v) is 7.05. The van der Waals surface area contributed by atoms with E-state index in [9.17, 15) is 17.7 Å². The Morgan fingerprint density at radius 2 is 1.70 bits per heavy atom. The van der Waals surface area contributed by atoms with Crippen LogP contribution in [0.25, 0.3) is 0 Å². The van der Waals surface area contributed by atoms with E-state index in [0.29, 0.717) is 12.8 Å². The SMILES string of the molecule is CC(C)(C)OC(=O)N1CCC(C2CC2)([B-](F)(F)F)CC1. The lowest BCUT2D eigenvalue weighted by Gasteiger charge is -2.48. The van der Waals surface area contributed by atoms with Gasteiger partial charge in [0.15, 0.2) is 0 Å². The van der Waals surface area contributed by atoms with E-state index in [-0.39, 0.29) is 31.8 Å². The van der Waals surface area contributed by atoms with Crippen molar-refractivity contribution < 1.29 is 22.5 Å². The predicted molar refractivity (Wildman–Crippen MR) is 71.5 cm³/mol. The van der Waals surface area contributed by atoms with Crippen LogP contribution in [-0.4, -0.2) is 36.7 Å². The molecule has 3 nitrogen and oxygen atoms in total. The molecule has 1 amide bonds. The zero-order valence-electron chi connectivity index (χ0n) is 12.3. The number of carbonyl (C=O) groups is 1. The average molecular weight is 292 g/mol. The molecule has 0 aromatic carbocycles. The summed E-state index contributed by atoms with van der Waals surface area (Å²) in [5.41, 5.74) is -0.615. The third kappa shape index (κ3) is 3.06. The fourth-order valence-electron chi connectivity index (χ4n) is 3.09. The smallest absolute Gasteiger partial charge is 0.449 e. The maximum atomic E-state index is 13.4. The van der Waals surface area contributed by atoms with Gasteiger partial charge in [0.05, 0.1) is 0 Å². The number of hydrogen-bond acceptors (Lipinski definition) is 2. The lowest BCUT2D eigenvalue weighted by molar-refractivity contribution is 0.0165. The molecular formula is C13H22BF3NO2-. The summed E-state index contributed by atoms with van der Waals surface area (Å²) >= 11 is 0. The number of piperidine rings is 1. The van der Waals surface area contributed by atoms with E-state index >= 15 is 0 Å². The van der Waals surface area contributed by atoms with E-state index in [4.69, 9.17) is 4.74 Å². The van der Waals surface area contributed by atoms with E-state index in [1.165, 1.54) is 4.90 Å². The van der Waals surface area contributed by atoms with E-state index in [1.807, 2.05) is 0 Å². The van der Waals surface area contributed by atoms with E-state index in [0.717, 1.165) is 0 Å². The van der Waals surface area contributed by atoms with Crippen molar-refractivity contribution in [1.29, 1.82) is 0 Å². The molecule has 1 aliphatic heterocycles. The van der Waals surface area contributed by atoms with Crippen LogP contribution in [0.2, 0.25) is 5.31 Å². The van der Waals surface area contributed by atoms with Gasteiger partial charge in [-0.15, -0.1) is 0 Å². The Labute approximate surface area is 117 Å². The minimum atomic E-state index is -4.86. The number of hydrogen-bond donors (Lipinski definition) is 0. The molecule has 0 radical (unpaired) electrons. The number of halogens is 3. The van der Waals surface area contributed by atoms with Crippen LogP contribution in [0.15, 0.2) is 0 Å². The summed E-state index contributed by atoms with van der Waals surface area (Å²) in [4.78, 5) is 13.3. The maximum Gasteiger partial charge on any atom is 0.484 e. The summed E-state index contributed by atoms with van der Waals surface area (Å²) in [6.45, 7) is 0.689. The Morgan fingerprint density at radius 1 is 1.20 bits per heavy atom. The molecule has 116 valence electrons. The monoisotopic (exact) mass is 292 g/mol. The van der Waals surface area contributed by atoms with E-state index in [2.05, 4.69) is 0 Å². The average Bonchev–Trinajstić information content (AvgIpc) is 3.09. The highest BCUT2D eigenvalue weighted by Crippen LogP contribution is 2.63.